The lowest BCUT2D eigenvalue weighted by atomic mass is 9.74. The molecule has 0 saturated carbocycles. The van der Waals surface area contributed by atoms with Gasteiger partial charge < -0.3 is 58.7 Å². The van der Waals surface area contributed by atoms with Gasteiger partial charge in [-0.15, -0.1) is 0 Å². The lowest BCUT2D eigenvalue weighted by Crippen LogP contribution is -2.70. The number of methoxy groups -OCH3 is 1. The molecule has 0 bridgehead atoms. The second-order valence-electron chi connectivity index (χ2n) is 13.1. The normalized spacial score (nSPS) is 34.3. The molecule has 3 rings (SSSR count). The summed E-state index contributed by atoms with van der Waals surface area (Å²) in [6.07, 6.45) is -14.5. The van der Waals surface area contributed by atoms with Gasteiger partial charge in [0.1, 0.15) is 54.2 Å². The van der Waals surface area contributed by atoms with Gasteiger partial charge in [-0.3, -0.25) is 19.8 Å². The molecule has 0 aromatic rings. The molecular formula is C34H46N2O17S. The van der Waals surface area contributed by atoms with Crippen LogP contribution in [-0.2, 0) is 57.1 Å². The number of nitrogens with one attached hydrogen (secondary N) is 1. The van der Waals surface area contributed by atoms with Gasteiger partial charge in [0, 0.05) is 20.5 Å². The van der Waals surface area contributed by atoms with Crippen molar-refractivity contribution in [3.05, 3.63) is 23.1 Å². The van der Waals surface area contributed by atoms with Crippen LogP contribution < -0.4 is 0 Å². The lowest BCUT2D eigenvalue weighted by molar-refractivity contribution is -0.345. The highest BCUT2D eigenvalue weighted by Gasteiger charge is 2.62. The summed E-state index contributed by atoms with van der Waals surface area (Å²) in [4.78, 5) is 66.3. The minimum Gasteiger partial charge on any atom is -0.508 e. The molecule has 2 fully saturated rings. The quantitative estimate of drug-likeness (QED) is 0.0458. The number of ether oxygens (including phenoxy) is 7. The van der Waals surface area contributed by atoms with Crippen molar-refractivity contribution >= 4 is 52.8 Å². The number of rotatable bonds is 14. The van der Waals surface area contributed by atoms with Crippen LogP contribution in [0.1, 0.15) is 60.8 Å². The number of hydrogen-bond acceptors (Lipinski definition) is 19. The van der Waals surface area contributed by atoms with Gasteiger partial charge in [-0.1, -0.05) is 19.9 Å². The average Bonchev–Trinajstić information content (AvgIpc) is 3.11. The molecule has 20 heteroatoms. The number of nitrogens with zero attached hydrogens (tertiary/aromatic N) is 1. The Bertz CT molecular complexity index is 1610. The summed E-state index contributed by atoms with van der Waals surface area (Å²) in [5, 5.41) is 66.2. The highest BCUT2D eigenvalue weighted by molar-refractivity contribution is 7.78. The third-order valence-electron chi connectivity index (χ3n) is 9.77. The number of carbonyl (C=O) groups is 5. The number of ketones is 1. The fraction of sp³-hybridized carbons (Fsp3) is 0.676. The van der Waals surface area contributed by atoms with E-state index in [2.05, 4.69) is 17.2 Å². The molecule has 2 aliphatic heterocycles. The van der Waals surface area contributed by atoms with Gasteiger partial charge in [0.2, 0.25) is 0 Å². The Hall–Kier alpha value is -3.98. The summed E-state index contributed by atoms with van der Waals surface area (Å²) in [5.41, 5.74) is -7.74. The van der Waals surface area contributed by atoms with Crippen molar-refractivity contribution in [3.8, 4) is 0 Å². The zero-order valence-corrected chi connectivity index (χ0v) is 31.5. The molecule has 19 nitrogen and oxygen atoms in total. The number of thiocarbonyl (C=S) groups is 1. The van der Waals surface area contributed by atoms with Crippen molar-refractivity contribution in [1.82, 2.24) is 0 Å². The summed E-state index contributed by atoms with van der Waals surface area (Å²) < 4.78 is 40.0. The maximum atomic E-state index is 13.3. The predicted octanol–water partition coefficient (Wildman–Crippen LogP) is 0.461. The van der Waals surface area contributed by atoms with Crippen LogP contribution in [0, 0.1) is 11.3 Å². The topological polar surface area (TPSA) is 287 Å². The third-order valence-corrected chi connectivity index (χ3v) is 9.86. The smallest absolute Gasteiger partial charge is 0.357 e. The SMILES string of the molecule is CC=C(N=C=S)C(=O)OC1C(COC(C)=O)OC([C@]2(O)CC(=O)C(=N)C(C(=O)O)=C2O)C(O)C1OC1CC(OC)C(O)([C@@H](C)OC(=O)[C@@H](C)CC)C(C)O1. The number of aliphatic hydroxyl groups is 4. The molecule has 300 valence electrons. The van der Waals surface area contributed by atoms with Crippen LogP contribution in [0.3, 0.4) is 0 Å². The van der Waals surface area contributed by atoms with Crippen LogP contribution in [0.15, 0.2) is 28.1 Å². The van der Waals surface area contributed by atoms with Gasteiger partial charge in [0.05, 0.1) is 29.7 Å². The monoisotopic (exact) mass is 786 g/mol. The molecule has 6 N–H and O–H groups in total. The molecule has 0 radical (unpaired) electrons. The minimum atomic E-state index is -3.03. The molecule has 9 unspecified atom stereocenters. The molecule has 12 atom stereocenters. The van der Waals surface area contributed by atoms with E-state index in [-0.39, 0.29) is 12.1 Å². The first-order chi connectivity index (χ1) is 25.2. The van der Waals surface area contributed by atoms with Crippen molar-refractivity contribution in [1.29, 1.82) is 5.41 Å². The van der Waals surface area contributed by atoms with E-state index in [0.29, 0.717) is 6.42 Å². The van der Waals surface area contributed by atoms with Crippen molar-refractivity contribution in [2.24, 2.45) is 10.9 Å². The summed E-state index contributed by atoms with van der Waals surface area (Å²) in [5.74, 6) is -7.65. The molecule has 2 saturated heterocycles. The van der Waals surface area contributed by atoms with Gasteiger partial charge in [-0.2, -0.15) is 4.99 Å². The molecule has 0 aromatic carbocycles. The standard InChI is InChI=1S/C34H46N2O17S/c1-8-14(3)31(43)50-16(5)34(46)15(4)49-22(10-21(34)47-7)52-27-25(39)29(33(45)11-19(38)24(35)23(28(33)40)30(41)42)51-20(12-48-17(6)37)26(27)53-32(44)18(9-2)36-13-54/h9,14-16,20-22,25-27,29,35,39-40,45-46H,8,10-12H2,1-7H3,(H,41,42)/t14-,15?,16+,20?,21?,22?,25?,26?,27?,29?,33-,34?/m0/s1. The van der Waals surface area contributed by atoms with Crippen molar-refractivity contribution in [3.63, 3.8) is 0 Å². The van der Waals surface area contributed by atoms with E-state index in [1.54, 1.807) is 13.8 Å². The first-order valence-corrected chi connectivity index (χ1v) is 17.3. The van der Waals surface area contributed by atoms with Gasteiger partial charge in [0.25, 0.3) is 0 Å². The molecule has 54 heavy (non-hydrogen) atoms. The third kappa shape index (κ3) is 8.93. The highest BCUT2D eigenvalue weighted by atomic mass is 32.1. The first kappa shape index (κ1) is 44.4. The Morgan fingerprint density at radius 2 is 1.83 bits per heavy atom. The second-order valence-corrected chi connectivity index (χ2v) is 13.3. The summed E-state index contributed by atoms with van der Waals surface area (Å²) in [7, 11) is 1.27. The molecule has 1 aliphatic carbocycles. The molecule has 0 spiro atoms. The zero-order valence-electron chi connectivity index (χ0n) is 30.7. The van der Waals surface area contributed by atoms with Gasteiger partial charge in [-0.25, -0.2) is 9.59 Å². The van der Waals surface area contributed by atoms with E-state index in [1.807, 2.05) is 5.16 Å². The highest BCUT2D eigenvalue weighted by Crippen LogP contribution is 2.42. The Balaban J connectivity index is 2.14. The number of esters is 3. The fourth-order valence-electron chi connectivity index (χ4n) is 6.46. The predicted molar refractivity (Wildman–Crippen MR) is 184 cm³/mol. The first-order valence-electron chi connectivity index (χ1n) is 16.9. The van der Waals surface area contributed by atoms with Crippen LogP contribution in [0.4, 0.5) is 0 Å². The Morgan fingerprint density at radius 3 is 2.37 bits per heavy atom. The van der Waals surface area contributed by atoms with E-state index in [0.717, 1.165) is 6.92 Å². The van der Waals surface area contributed by atoms with Gasteiger partial charge in [0.15, 0.2) is 35.1 Å². The molecule has 0 aromatic heterocycles. The Labute approximate surface area is 315 Å². The number of hydrogen-bond donors (Lipinski definition) is 6. The number of Topliss-reactive ketones (excluding diaryl/α,β-unsaturated/α-hetero) is 1. The van der Waals surface area contributed by atoms with Crippen LogP contribution >= 0.6 is 12.2 Å². The number of carboxylic acids is 1. The maximum absolute atomic E-state index is 13.3. The van der Waals surface area contributed by atoms with Crippen molar-refractivity contribution in [2.75, 3.05) is 13.7 Å². The fourth-order valence-corrected chi connectivity index (χ4v) is 6.56. The number of aliphatic imine (C=N–C) groups is 1. The number of carbonyl (C=O) groups excluding carboxylic acids is 4. The molecular weight excluding hydrogens is 740 g/mol. The largest absolute Gasteiger partial charge is 0.508 e. The Morgan fingerprint density at radius 1 is 1.19 bits per heavy atom. The summed E-state index contributed by atoms with van der Waals surface area (Å²) >= 11 is 4.60. The van der Waals surface area contributed by atoms with E-state index < -0.39 is 132 Å². The number of aliphatic carboxylic acids is 1. The lowest BCUT2D eigenvalue weighted by Gasteiger charge is -2.52. The van der Waals surface area contributed by atoms with Crippen LogP contribution in [-0.4, -0.2) is 146 Å². The number of carboxylic acid groups (broad SMARTS) is 1. The van der Waals surface area contributed by atoms with Crippen molar-refractivity contribution < 1.29 is 82.7 Å². The minimum absolute atomic E-state index is 0.323. The van der Waals surface area contributed by atoms with E-state index in [1.165, 1.54) is 34.0 Å². The van der Waals surface area contributed by atoms with E-state index in [4.69, 9.17) is 38.6 Å². The number of allylic oxidation sites excluding steroid dienone is 1. The van der Waals surface area contributed by atoms with Crippen LogP contribution in [0.2, 0.25) is 0 Å². The second kappa shape index (κ2) is 18.1. The van der Waals surface area contributed by atoms with Gasteiger partial charge in [-0.05, 0) is 39.4 Å². The Kier molecular flexibility index (Phi) is 14.9. The van der Waals surface area contributed by atoms with Gasteiger partial charge >= 0.3 is 23.9 Å². The molecule has 2 heterocycles. The molecule has 3 aliphatic rings. The van der Waals surface area contributed by atoms with Crippen LogP contribution in [0.5, 0.6) is 0 Å². The number of aliphatic hydroxyl groups excluding tert-OH is 2. The summed E-state index contributed by atoms with van der Waals surface area (Å²) in [6, 6.07) is 0. The maximum Gasteiger partial charge on any atom is 0.357 e. The van der Waals surface area contributed by atoms with Crippen LogP contribution in [0.25, 0.3) is 0 Å². The summed E-state index contributed by atoms with van der Waals surface area (Å²) in [6.45, 7) is 8.03. The zero-order chi connectivity index (χ0) is 40.9. The van der Waals surface area contributed by atoms with Crippen molar-refractivity contribution in [2.45, 2.75) is 127 Å². The average molecular weight is 787 g/mol. The van der Waals surface area contributed by atoms with E-state index >= 15 is 0 Å². The molecule has 0 amide bonds. The van der Waals surface area contributed by atoms with E-state index in [9.17, 15) is 49.5 Å². The number of isothiocyanates is 1.